The van der Waals surface area contributed by atoms with Crippen LogP contribution < -0.4 is 0 Å². The van der Waals surface area contributed by atoms with Gasteiger partial charge < -0.3 is 9.67 Å². The van der Waals surface area contributed by atoms with Crippen molar-refractivity contribution < 1.29 is 14.7 Å². The molecule has 0 aliphatic heterocycles. The number of carbonyl (C=O) groups excluding carboxylic acids is 1. The van der Waals surface area contributed by atoms with Gasteiger partial charge in [-0.15, -0.1) is 0 Å². The number of carboxylic acid groups (broad SMARTS) is 1. The predicted molar refractivity (Wildman–Crippen MR) is 76.4 cm³/mol. The largest absolute Gasteiger partial charge is 0.478 e. The van der Waals surface area contributed by atoms with E-state index in [1.165, 1.54) is 6.07 Å². The molecule has 0 aliphatic carbocycles. The first kappa shape index (κ1) is 14.1. The summed E-state index contributed by atoms with van der Waals surface area (Å²) in [6.07, 6.45) is 0.710. The molecule has 0 bridgehead atoms. The number of nitrogens with zero attached hydrogens (tertiary/aromatic N) is 1. The van der Waals surface area contributed by atoms with Gasteiger partial charge in [-0.1, -0.05) is 44.2 Å². The molecule has 4 nitrogen and oxygen atoms in total. The molecule has 1 N–H and O–H groups in total. The average molecular weight is 271 g/mol. The van der Waals surface area contributed by atoms with Crippen LogP contribution in [0.4, 0.5) is 0 Å². The van der Waals surface area contributed by atoms with Crippen LogP contribution in [-0.2, 0) is 6.54 Å². The molecule has 20 heavy (non-hydrogen) atoms. The molecule has 1 aromatic carbocycles. The van der Waals surface area contributed by atoms with Gasteiger partial charge in [0.25, 0.3) is 0 Å². The summed E-state index contributed by atoms with van der Waals surface area (Å²) in [5.74, 6) is -0.970. The SMILES string of the molecule is CC(C)c1c(C(=O)O)cc(C=O)n1Cc1ccccc1. The van der Waals surface area contributed by atoms with Gasteiger partial charge in [-0.25, -0.2) is 4.79 Å². The number of hydrogen-bond donors (Lipinski definition) is 1. The molecule has 0 unspecified atom stereocenters. The second kappa shape index (κ2) is 5.74. The zero-order chi connectivity index (χ0) is 14.7. The van der Waals surface area contributed by atoms with Crippen molar-refractivity contribution >= 4 is 12.3 Å². The Morgan fingerprint density at radius 3 is 2.45 bits per heavy atom. The Balaban J connectivity index is 2.55. The average Bonchev–Trinajstić information content (AvgIpc) is 2.78. The fourth-order valence-corrected chi connectivity index (χ4v) is 2.42. The number of hydrogen-bond acceptors (Lipinski definition) is 2. The Hall–Kier alpha value is -2.36. The number of aromatic nitrogens is 1. The maximum atomic E-state index is 11.3. The fraction of sp³-hybridized carbons (Fsp3) is 0.250. The topological polar surface area (TPSA) is 59.3 Å². The molecule has 0 saturated carbocycles. The molecule has 2 rings (SSSR count). The second-order valence-electron chi connectivity index (χ2n) is 5.02. The first-order chi connectivity index (χ1) is 9.54. The molecule has 4 heteroatoms. The summed E-state index contributed by atoms with van der Waals surface area (Å²) < 4.78 is 1.79. The van der Waals surface area contributed by atoms with Crippen LogP contribution in [0.3, 0.4) is 0 Å². The van der Waals surface area contributed by atoms with Gasteiger partial charge in [0.15, 0.2) is 6.29 Å². The van der Waals surface area contributed by atoms with E-state index in [4.69, 9.17) is 0 Å². The summed E-state index contributed by atoms with van der Waals surface area (Å²) in [4.78, 5) is 22.5. The maximum Gasteiger partial charge on any atom is 0.337 e. The number of benzene rings is 1. The van der Waals surface area contributed by atoms with E-state index in [0.29, 0.717) is 24.2 Å². The molecule has 0 atom stereocenters. The van der Waals surface area contributed by atoms with E-state index in [2.05, 4.69) is 0 Å². The van der Waals surface area contributed by atoms with Crippen LogP contribution in [0.15, 0.2) is 36.4 Å². The molecular formula is C16H17NO3. The highest BCUT2D eigenvalue weighted by atomic mass is 16.4. The molecule has 0 radical (unpaired) electrons. The van der Waals surface area contributed by atoms with Crippen molar-refractivity contribution in [2.24, 2.45) is 0 Å². The Labute approximate surface area is 117 Å². The van der Waals surface area contributed by atoms with Crippen LogP contribution in [0, 0.1) is 0 Å². The van der Waals surface area contributed by atoms with E-state index in [1.54, 1.807) is 4.57 Å². The van der Waals surface area contributed by atoms with E-state index in [9.17, 15) is 14.7 Å². The van der Waals surface area contributed by atoms with Crippen LogP contribution in [0.1, 0.15) is 51.9 Å². The van der Waals surface area contributed by atoms with Crippen molar-refractivity contribution in [2.75, 3.05) is 0 Å². The zero-order valence-corrected chi connectivity index (χ0v) is 11.5. The molecule has 2 aromatic rings. The molecule has 0 amide bonds. The molecular weight excluding hydrogens is 254 g/mol. The summed E-state index contributed by atoms with van der Waals surface area (Å²) in [5, 5.41) is 9.28. The van der Waals surface area contributed by atoms with Gasteiger partial charge in [-0.3, -0.25) is 4.79 Å². The lowest BCUT2D eigenvalue weighted by atomic mass is 10.1. The molecule has 1 aromatic heterocycles. The summed E-state index contributed by atoms with van der Waals surface area (Å²) >= 11 is 0. The van der Waals surface area contributed by atoms with Crippen molar-refractivity contribution in [3.63, 3.8) is 0 Å². The van der Waals surface area contributed by atoms with Crippen molar-refractivity contribution in [3.8, 4) is 0 Å². The lowest BCUT2D eigenvalue weighted by Crippen LogP contribution is -2.11. The van der Waals surface area contributed by atoms with Gasteiger partial charge >= 0.3 is 5.97 Å². The minimum Gasteiger partial charge on any atom is -0.478 e. The van der Waals surface area contributed by atoms with Gasteiger partial charge in [-0.2, -0.15) is 0 Å². The van der Waals surface area contributed by atoms with Crippen LogP contribution in [0.25, 0.3) is 0 Å². The van der Waals surface area contributed by atoms with Gasteiger partial charge in [0, 0.05) is 12.2 Å². The predicted octanol–water partition coefficient (Wildman–Crippen LogP) is 3.17. The van der Waals surface area contributed by atoms with Crippen LogP contribution >= 0.6 is 0 Å². The third-order valence-corrected chi connectivity index (χ3v) is 3.25. The molecule has 0 fully saturated rings. The zero-order valence-electron chi connectivity index (χ0n) is 11.5. The van der Waals surface area contributed by atoms with Gasteiger partial charge in [0.2, 0.25) is 0 Å². The molecule has 0 spiro atoms. The summed E-state index contributed by atoms with van der Waals surface area (Å²) in [6.45, 7) is 4.35. The quantitative estimate of drug-likeness (QED) is 0.850. The highest BCUT2D eigenvalue weighted by Gasteiger charge is 2.21. The standard InChI is InChI=1S/C16H17NO3/c1-11(2)15-14(16(19)20)8-13(10-18)17(15)9-12-6-4-3-5-7-12/h3-8,10-11H,9H2,1-2H3,(H,19,20). The van der Waals surface area contributed by atoms with E-state index in [-0.39, 0.29) is 11.5 Å². The van der Waals surface area contributed by atoms with E-state index in [1.807, 2.05) is 44.2 Å². The van der Waals surface area contributed by atoms with Crippen LogP contribution in [-0.4, -0.2) is 21.9 Å². The summed E-state index contributed by atoms with van der Waals surface area (Å²) in [6, 6.07) is 11.1. The Morgan fingerprint density at radius 2 is 1.95 bits per heavy atom. The monoisotopic (exact) mass is 271 g/mol. The Bertz CT molecular complexity index is 627. The maximum absolute atomic E-state index is 11.3. The molecule has 1 heterocycles. The molecule has 0 saturated heterocycles. The number of carbonyl (C=O) groups is 2. The number of carboxylic acids is 1. The van der Waals surface area contributed by atoms with Crippen LogP contribution in [0.2, 0.25) is 0 Å². The second-order valence-corrected chi connectivity index (χ2v) is 5.02. The van der Waals surface area contributed by atoms with E-state index < -0.39 is 5.97 Å². The number of rotatable bonds is 5. The minimum atomic E-state index is -0.997. The van der Waals surface area contributed by atoms with Gasteiger partial charge in [0.1, 0.15) is 0 Å². The third-order valence-electron chi connectivity index (χ3n) is 3.25. The highest BCUT2D eigenvalue weighted by molar-refractivity contribution is 5.92. The minimum absolute atomic E-state index is 0.0264. The van der Waals surface area contributed by atoms with Gasteiger partial charge in [0.05, 0.1) is 11.3 Å². The normalized spacial score (nSPS) is 10.8. The highest BCUT2D eigenvalue weighted by Crippen LogP contribution is 2.25. The first-order valence-electron chi connectivity index (χ1n) is 6.50. The Kier molecular flexibility index (Phi) is 4.03. The van der Waals surface area contributed by atoms with E-state index in [0.717, 1.165) is 5.56 Å². The van der Waals surface area contributed by atoms with Crippen molar-refractivity contribution in [2.45, 2.75) is 26.3 Å². The Morgan fingerprint density at radius 1 is 1.30 bits per heavy atom. The van der Waals surface area contributed by atoms with Gasteiger partial charge in [-0.05, 0) is 17.5 Å². The van der Waals surface area contributed by atoms with Crippen LogP contribution in [0.5, 0.6) is 0 Å². The van der Waals surface area contributed by atoms with E-state index >= 15 is 0 Å². The first-order valence-corrected chi connectivity index (χ1v) is 6.50. The lowest BCUT2D eigenvalue weighted by molar-refractivity contribution is 0.0695. The third kappa shape index (κ3) is 2.64. The summed E-state index contributed by atoms with van der Waals surface area (Å²) in [5.41, 5.74) is 2.32. The smallest absolute Gasteiger partial charge is 0.337 e. The lowest BCUT2D eigenvalue weighted by Gasteiger charge is -2.14. The van der Waals surface area contributed by atoms with Crippen molar-refractivity contribution in [1.29, 1.82) is 0 Å². The fourth-order valence-electron chi connectivity index (χ4n) is 2.42. The number of aromatic carboxylic acids is 1. The van der Waals surface area contributed by atoms with Crippen molar-refractivity contribution in [3.05, 3.63) is 58.9 Å². The number of aldehydes is 1. The molecule has 0 aliphatic rings. The molecule has 104 valence electrons. The summed E-state index contributed by atoms with van der Waals surface area (Å²) in [7, 11) is 0. The van der Waals surface area contributed by atoms with Crippen molar-refractivity contribution in [1.82, 2.24) is 4.57 Å².